The summed E-state index contributed by atoms with van der Waals surface area (Å²) in [5.41, 5.74) is 7.04. The maximum absolute atomic E-state index is 13.9. The standard InChI is InChI=1S/C30H37F3N8O2/c1-20(2)14-22(42)6-7-27(43)39-12-10-38(11-13-39)18-21-15-25-29(40-8-4-3-5-9-40)36-28(37-41(25)19-21)23-17-35-26(34)16-24(23)30(31,32)33/h14-17,19H,3-13,18H2,1-2H3,(H2,34,35). The summed E-state index contributed by atoms with van der Waals surface area (Å²) in [6, 6.07) is 2.81. The fraction of sp³-hybridized carbons (Fsp3) is 0.500. The van der Waals surface area contributed by atoms with Crippen LogP contribution in [0, 0.1) is 0 Å². The Balaban J connectivity index is 1.35. The molecule has 0 atom stereocenters. The molecule has 5 heterocycles. The number of piperazine rings is 1. The molecule has 2 fully saturated rings. The summed E-state index contributed by atoms with van der Waals surface area (Å²) < 4.78 is 43.4. The van der Waals surface area contributed by atoms with Gasteiger partial charge in [0.2, 0.25) is 5.91 Å². The van der Waals surface area contributed by atoms with Gasteiger partial charge < -0.3 is 15.5 Å². The van der Waals surface area contributed by atoms with E-state index in [9.17, 15) is 22.8 Å². The Morgan fingerprint density at radius 1 is 1.00 bits per heavy atom. The Morgan fingerprint density at radius 3 is 2.40 bits per heavy atom. The van der Waals surface area contributed by atoms with Gasteiger partial charge in [0.05, 0.1) is 11.1 Å². The number of carbonyl (C=O) groups excluding carboxylic acids is 2. The number of fused-ring (bicyclic) bond motifs is 1. The Kier molecular flexibility index (Phi) is 9.00. The summed E-state index contributed by atoms with van der Waals surface area (Å²) in [6.45, 7) is 8.29. The Hall–Kier alpha value is -4.00. The first-order valence-corrected chi connectivity index (χ1v) is 14.6. The summed E-state index contributed by atoms with van der Waals surface area (Å²) in [4.78, 5) is 39.3. The number of hydrogen-bond acceptors (Lipinski definition) is 8. The lowest BCUT2D eigenvalue weighted by molar-refractivity contribution is -0.137. The molecule has 2 saturated heterocycles. The highest BCUT2D eigenvalue weighted by molar-refractivity contribution is 5.93. The highest BCUT2D eigenvalue weighted by Gasteiger charge is 2.35. The van der Waals surface area contributed by atoms with Crippen molar-refractivity contribution < 1.29 is 22.8 Å². The first-order valence-electron chi connectivity index (χ1n) is 14.6. The molecule has 0 aromatic carbocycles. The van der Waals surface area contributed by atoms with Crippen molar-refractivity contribution in [3.8, 4) is 11.4 Å². The number of rotatable bonds is 8. The van der Waals surface area contributed by atoms with Crippen LogP contribution in [-0.4, -0.2) is 80.3 Å². The Bertz CT molecular complexity index is 1520. The summed E-state index contributed by atoms with van der Waals surface area (Å²) >= 11 is 0. The summed E-state index contributed by atoms with van der Waals surface area (Å²) in [7, 11) is 0. The number of halogens is 3. The van der Waals surface area contributed by atoms with E-state index in [1.807, 2.05) is 26.1 Å². The third-order valence-electron chi connectivity index (χ3n) is 7.79. The van der Waals surface area contributed by atoms with Crippen LogP contribution in [0.5, 0.6) is 0 Å². The van der Waals surface area contributed by atoms with Gasteiger partial charge in [-0.05, 0) is 56.9 Å². The minimum Gasteiger partial charge on any atom is -0.384 e. The second-order valence-corrected chi connectivity index (χ2v) is 11.5. The zero-order valence-electron chi connectivity index (χ0n) is 24.5. The fourth-order valence-corrected chi connectivity index (χ4v) is 5.66. The topological polar surface area (TPSA) is 113 Å². The average molecular weight is 599 g/mol. The van der Waals surface area contributed by atoms with Crippen LogP contribution in [0.15, 0.2) is 36.2 Å². The Morgan fingerprint density at radius 2 is 1.72 bits per heavy atom. The van der Waals surface area contributed by atoms with Gasteiger partial charge in [0, 0.05) is 71.0 Å². The highest BCUT2D eigenvalue weighted by atomic mass is 19.4. The number of amides is 1. The van der Waals surface area contributed by atoms with Crippen molar-refractivity contribution in [2.75, 3.05) is 49.9 Å². The molecule has 0 aliphatic carbocycles. The number of nitrogens with two attached hydrogens (primary N) is 1. The molecule has 43 heavy (non-hydrogen) atoms. The van der Waals surface area contributed by atoms with Crippen LogP contribution in [0.3, 0.4) is 0 Å². The maximum Gasteiger partial charge on any atom is 0.417 e. The van der Waals surface area contributed by atoms with Crippen molar-refractivity contribution >= 4 is 28.8 Å². The van der Waals surface area contributed by atoms with Gasteiger partial charge in [-0.25, -0.2) is 14.5 Å². The lowest BCUT2D eigenvalue weighted by Crippen LogP contribution is -2.48. The molecule has 0 unspecified atom stereocenters. The van der Waals surface area contributed by atoms with E-state index in [2.05, 4.69) is 24.9 Å². The molecule has 5 rings (SSSR count). The van der Waals surface area contributed by atoms with Gasteiger partial charge in [0.1, 0.15) is 11.3 Å². The second kappa shape index (κ2) is 12.7. The van der Waals surface area contributed by atoms with E-state index < -0.39 is 11.7 Å². The van der Waals surface area contributed by atoms with Crippen molar-refractivity contribution in [3.05, 3.63) is 47.3 Å². The van der Waals surface area contributed by atoms with Crippen molar-refractivity contribution in [2.45, 2.75) is 58.7 Å². The second-order valence-electron chi connectivity index (χ2n) is 11.5. The molecule has 13 heteroatoms. The van der Waals surface area contributed by atoms with Gasteiger partial charge in [0.25, 0.3) is 0 Å². The number of piperidine rings is 1. The van der Waals surface area contributed by atoms with Gasteiger partial charge in [0.15, 0.2) is 17.4 Å². The molecule has 3 aromatic rings. The molecular weight excluding hydrogens is 561 g/mol. The first-order chi connectivity index (χ1) is 20.5. The maximum atomic E-state index is 13.9. The Labute approximate surface area is 248 Å². The van der Waals surface area contributed by atoms with Gasteiger partial charge in [-0.1, -0.05) is 5.57 Å². The SMILES string of the molecule is CC(C)=CC(=O)CCC(=O)N1CCN(Cc2cc3c(N4CCCCC4)nc(-c4cnc(N)cc4C(F)(F)F)nn3c2)CC1. The number of carbonyl (C=O) groups is 2. The van der Waals surface area contributed by atoms with Crippen LogP contribution in [0.4, 0.5) is 24.8 Å². The molecule has 0 radical (unpaired) electrons. The smallest absolute Gasteiger partial charge is 0.384 e. The van der Waals surface area contributed by atoms with Crippen LogP contribution < -0.4 is 10.6 Å². The number of pyridine rings is 1. The van der Waals surface area contributed by atoms with E-state index in [-0.39, 0.29) is 41.7 Å². The van der Waals surface area contributed by atoms with Crippen molar-refractivity contribution in [3.63, 3.8) is 0 Å². The van der Waals surface area contributed by atoms with Gasteiger partial charge in [-0.3, -0.25) is 14.5 Å². The largest absolute Gasteiger partial charge is 0.417 e. The number of ketones is 1. The minimum atomic E-state index is -4.65. The van der Waals surface area contributed by atoms with E-state index in [0.29, 0.717) is 38.5 Å². The number of nitrogen functional groups attached to an aromatic ring is 1. The summed E-state index contributed by atoms with van der Waals surface area (Å²) in [5.74, 6) is 0.249. The number of aromatic nitrogens is 4. The van der Waals surface area contributed by atoms with E-state index in [1.165, 1.54) is 0 Å². The molecule has 0 saturated carbocycles. The zero-order valence-corrected chi connectivity index (χ0v) is 24.5. The average Bonchev–Trinajstić information content (AvgIpc) is 3.37. The number of alkyl halides is 3. The predicted octanol–water partition coefficient (Wildman–Crippen LogP) is 4.34. The predicted molar refractivity (Wildman–Crippen MR) is 157 cm³/mol. The number of nitrogens with zero attached hydrogens (tertiary/aromatic N) is 7. The third-order valence-corrected chi connectivity index (χ3v) is 7.79. The van der Waals surface area contributed by atoms with Crippen LogP contribution in [0.2, 0.25) is 0 Å². The third kappa shape index (κ3) is 7.32. The number of allylic oxidation sites excluding steroid dienone is 2. The molecule has 1 amide bonds. The molecular formula is C30H37F3N8O2. The zero-order chi connectivity index (χ0) is 30.7. The fourth-order valence-electron chi connectivity index (χ4n) is 5.66. The van der Waals surface area contributed by atoms with Gasteiger partial charge >= 0.3 is 6.18 Å². The summed E-state index contributed by atoms with van der Waals surface area (Å²) in [5, 5.41) is 4.50. The lowest BCUT2D eigenvalue weighted by atomic mass is 10.1. The number of anilines is 2. The number of hydrogen-bond donors (Lipinski definition) is 1. The molecule has 0 spiro atoms. The van der Waals surface area contributed by atoms with Gasteiger partial charge in [-0.2, -0.15) is 13.2 Å². The molecule has 2 aliphatic rings. The molecule has 3 aromatic heterocycles. The lowest BCUT2D eigenvalue weighted by Gasteiger charge is -2.34. The van der Waals surface area contributed by atoms with Gasteiger partial charge in [-0.15, -0.1) is 5.10 Å². The normalized spacial score (nSPS) is 16.5. The van der Waals surface area contributed by atoms with Crippen LogP contribution >= 0.6 is 0 Å². The summed E-state index contributed by atoms with van der Waals surface area (Å²) in [6.07, 6.45) is 3.29. The van der Waals surface area contributed by atoms with E-state index >= 15 is 0 Å². The molecule has 0 bridgehead atoms. The monoisotopic (exact) mass is 598 g/mol. The molecule has 2 aliphatic heterocycles. The van der Waals surface area contributed by atoms with Crippen molar-refractivity contribution in [1.82, 2.24) is 29.4 Å². The molecule has 2 N–H and O–H groups in total. The quantitative estimate of drug-likeness (QED) is 0.381. The highest BCUT2D eigenvalue weighted by Crippen LogP contribution is 2.37. The molecule has 230 valence electrons. The van der Waals surface area contributed by atoms with Crippen LogP contribution in [-0.2, 0) is 22.3 Å². The van der Waals surface area contributed by atoms with Crippen molar-refractivity contribution in [1.29, 1.82) is 0 Å². The first kappa shape index (κ1) is 30.5. The van der Waals surface area contributed by atoms with E-state index in [4.69, 9.17) is 5.73 Å². The van der Waals surface area contributed by atoms with E-state index in [0.717, 1.165) is 61.3 Å². The van der Waals surface area contributed by atoms with Crippen molar-refractivity contribution in [2.24, 2.45) is 0 Å². The van der Waals surface area contributed by atoms with Crippen LogP contribution in [0.1, 0.15) is 57.1 Å². The van der Waals surface area contributed by atoms with Crippen LogP contribution in [0.25, 0.3) is 16.9 Å². The minimum absolute atomic E-state index is 0.0193. The van der Waals surface area contributed by atoms with E-state index in [1.54, 1.807) is 15.5 Å². The molecule has 10 nitrogen and oxygen atoms in total.